The van der Waals surface area contributed by atoms with E-state index in [0.717, 1.165) is 10.2 Å². The van der Waals surface area contributed by atoms with E-state index >= 15 is 0 Å². The highest BCUT2D eigenvalue weighted by molar-refractivity contribution is 9.10. The molecule has 0 unspecified atom stereocenters. The highest BCUT2D eigenvalue weighted by atomic mass is 79.9. The molecule has 0 aliphatic rings. The Balaban J connectivity index is 1.83. The fourth-order valence-corrected chi connectivity index (χ4v) is 1.72. The fourth-order valence-electron chi connectivity index (χ4n) is 1.46. The lowest BCUT2D eigenvalue weighted by Crippen LogP contribution is -2.25. The molecule has 0 saturated heterocycles. The lowest BCUT2D eigenvalue weighted by Gasteiger charge is -2.03. The van der Waals surface area contributed by atoms with Gasteiger partial charge in [0.2, 0.25) is 0 Å². The number of hydrogen-bond acceptors (Lipinski definition) is 2. The Bertz CT molecular complexity index is 477. The van der Waals surface area contributed by atoms with Crippen LogP contribution >= 0.6 is 15.9 Å². The molecule has 1 aromatic heterocycles. The summed E-state index contributed by atoms with van der Waals surface area (Å²) in [6, 6.07) is 11.0. The first-order valence-electron chi connectivity index (χ1n) is 5.32. The van der Waals surface area contributed by atoms with Crippen molar-refractivity contribution in [3.05, 3.63) is 58.5 Å². The number of furan rings is 1. The van der Waals surface area contributed by atoms with Crippen molar-refractivity contribution in [3.63, 3.8) is 0 Å². The van der Waals surface area contributed by atoms with Crippen LogP contribution in [0, 0.1) is 0 Å². The van der Waals surface area contributed by atoms with E-state index in [1.165, 1.54) is 0 Å². The third-order valence-corrected chi connectivity index (χ3v) is 2.87. The molecular formula is C13H12BrNO2. The Labute approximate surface area is 108 Å². The third kappa shape index (κ3) is 3.46. The second-order valence-electron chi connectivity index (χ2n) is 3.59. The van der Waals surface area contributed by atoms with E-state index in [-0.39, 0.29) is 5.91 Å². The van der Waals surface area contributed by atoms with Gasteiger partial charge in [0.25, 0.3) is 5.91 Å². The van der Waals surface area contributed by atoms with Crippen LogP contribution in [0.25, 0.3) is 0 Å². The molecule has 1 N–H and O–H groups in total. The molecule has 0 atom stereocenters. The minimum absolute atomic E-state index is 0.0657. The topological polar surface area (TPSA) is 42.2 Å². The van der Waals surface area contributed by atoms with Crippen molar-refractivity contribution in [2.24, 2.45) is 0 Å². The van der Waals surface area contributed by atoms with E-state index in [1.807, 2.05) is 24.3 Å². The summed E-state index contributed by atoms with van der Waals surface area (Å²) >= 11 is 3.33. The van der Waals surface area contributed by atoms with Crippen LogP contribution in [0.3, 0.4) is 0 Å². The number of halogens is 1. The van der Waals surface area contributed by atoms with Gasteiger partial charge in [0.05, 0.1) is 6.26 Å². The summed E-state index contributed by atoms with van der Waals surface area (Å²) in [5.74, 6) is 0.810. The zero-order valence-corrected chi connectivity index (χ0v) is 10.7. The molecule has 3 nitrogen and oxygen atoms in total. The van der Waals surface area contributed by atoms with Crippen LogP contribution < -0.4 is 5.32 Å². The van der Waals surface area contributed by atoms with Gasteiger partial charge in [-0.3, -0.25) is 4.79 Å². The molecule has 2 aromatic rings. The SMILES string of the molecule is O=C(NCCc1ccco1)c1ccc(Br)cc1. The standard InChI is InChI=1S/C13H12BrNO2/c14-11-5-3-10(4-6-11)13(16)15-8-7-12-2-1-9-17-12/h1-6,9H,7-8H2,(H,15,16). The van der Waals surface area contributed by atoms with E-state index < -0.39 is 0 Å². The van der Waals surface area contributed by atoms with Crippen molar-refractivity contribution in [1.29, 1.82) is 0 Å². The van der Waals surface area contributed by atoms with E-state index in [4.69, 9.17) is 4.42 Å². The van der Waals surface area contributed by atoms with E-state index in [9.17, 15) is 4.79 Å². The Morgan fingerprint density at radius 2 is 2.00 bits per heavy atom. The largest absolute Gasteiger partial charge is 0.469 e. The molecular weight excluding hydrogens is 282 g/mol. The molecule has 0 saturated carbocycles. The van der Waals surface area contributed by atoms with Crippen LogP contribution in [0.1, 0.15) is 16.1 Å². The smallest absolute Gasteiger partial charge is 0.251 e. The van der Waals surface area contributed by atoms with Crippen molar-refractivity contribution in [1.82, 2.24) is 5.32 Å². The summed E-state index contributed by atoms with van der Waals surface area (Å²) in [6.07, 6.45) is 2.33. The summed E-state index contributed by atoms with van der Waals surface area (Å²) in [4.78, 5) is 11.7. The van der Waals surface area contributed by atoms with Gasteiger partial charge in [-0.25, -0.2) is 0 Å². The normalized spacial score (nSPS) is 10.2. The molecule has 0 fully saturated rings. The van der Waals surface area contributed by atoms with Crippen molar-refractivity contribution in [2.75, 3.05) is 6.54 Å². The average molecular weight is 294 g/mol. The van der Waals surface area contributed by atoms with Crippen LogP contribution in [0.5, 0.6) is 0 Å². The molecule has 17 heavy (non-hydrogen) atoms. The van der Waals surface area contributed by atoms with Crippen molar-refractivity contribution >= 4 is 21.8 Å². The molecule has 4 heteroatoms. The summed E-state index contributed by atoms with van der Waals surface area (Å²) in [6.45, 7) is 0.572. The van der Waals surface area contributed by atoms with Gasteiger partial charge >= 0.3 is 0 Å². The number of rotatable bonds is 4. The second-order valence-corrected chi connectivity index (χ2v) is 4.51. The van der Waals surface area contributed by atoms with Crippen molar-refractivity contribution < 1.29 is 9.21 Å². The number of hydrogen-bond donors (Lipinski definition) is 1. The maximum Gasteiger partial charge on any atom is 0.251 e. The maximum atomic E-state index is 11.7. The zero-order valence-electron chi connectivity index (χ0n) is 9.15. The number of amides is 1. The first-order chi connectivity index (χ1) is 8.25. The predicted octanol–water partition coefficient (Wildman–Crippen LogP) is 3.01. The van der Waals surface area contributed by atoms with Gasteiger partial charge in [0.15, 0.2) is 0 Å². The molecule has 0 aliphatic heterocycles. The number of carbonyl (C=O) groups excluding carboxylic acids is 1. The van der Waals surface area contributed by atoms with Gasteiger partial charge in [-0.05, 0) is 36.4 Å². The summed E-state index contributed by atoms with van der Waals surface area (Å²) in [5, 5.41) is 2.84. The van der Waals surface area contributed by atoms with E-state index in [2.05, 4.69) is 21.2 Å². The predicted molar refractivity (Wildman–Crippen MR) is 68.9 cm³/mol. The molecule has 1 heterocycles. The van der Waals surface area contributed by atoms with E-state index in [0.29, 0.717) is 18.5 Å². The quantitative estimate of drug-likeness (QED) is 0.942. The van der Waals surface area contributed by atoms with Crippen LogP contribution in [0.4, 0.5) is 0 Å². The van der Waals surface area contributed by atoms with Gasteiger partial charge in [-0.1, -0.05) is 15.9 Å². The summed E-state index contributed by atoms with van der Waals surface area (Å²) < 4.78 is 6.14. The van der Waals surface area contributed by atoms with Crippen LogP contribution in [0.2, 0.25) is 0 Å². The van der Waals surface area contributed by atoms with Gasteiger partial charge in [0.1, 0.15) is 5.76 Å². The van der Waals surface area contributed by atoms with Gasteiger partial charge in [0, 0.05) is 23.0 Å². The number of benzene rings is 1. The fraction of sp³-hybridized carbons (Fsp3) is 0.154. The minimum atomic E-state index is -0.0657. The molecule has 0 bridgehead atoms. The van der Waals surface area contributed by atoms with Gasteiger partial charge in [-0.15, -0.1) is 0 Å². The average Bonchev–Trinajstić information content (AvgIpc) is 2.83. The molecule has 1 amide bonds. The molecule has 2 rings (SSSR count). The van der Waals surface area contributed by atoms with Crippen molar-refractivity contribution in [3.8, 4) is 0 Å². The lowest BCUT2D eigenvalue weighted by molar-refractivity contribution is 0.0953. The Morgan fingerprint density at radius 1 is 1.24 bits per heavy atom. The van der Waals surface area contributed by atoms with Crippen molar-refractivity contribution in [2.45, 2.75) is 6.42 Å². The highest BCUT2D eigenvalue weighted by Crippen LogP contribution is 2.10. The highest BCUT2D eigenvalue weighted by Gasteiger charge is 2.04. The maximum absolute atomic E-state index is 11.7. The van der Waals surface area contributed by atoms with E-state index in [1.54, 1.807) is 18.4 Å². The summed E-state index contributed by atoms with van der Waals surface area (Å²) in [5.41, 5.74) is 0.660. The molecule has 0 aliphatic carbocycles. The Kier molecular flexibility index (Phi) is 3.98. The Hall–Kier alpha value is -1.55. The molecule has 0 spiro atoms. The third-order valence-electron chi connectivity index (χ3n) is 2.34. The first-order valence-corrected chi connectivity index (χ1v) is 6.11. The van der Waals surface area contributed by atoms with Gasteiger partial charge < -0.3 is 9.73 Å². The molecule has 0 radical (unpaired) electrons. The number of nitrogens with one attached hydrogen (secondary N) is 1. The summed E-state index contributed by atoms with van der Waals surface area (Å²) in [7, 11) is 0. The Morgan fingerprint density at radius 3 is 2.65 bits per heavy atom. The molecule has 1 aromatic carbocycles. The van der Waals surface area contributed by atoms with Crippen LogP contribution in [-0.4, -0.2) is 12.5 Å². The molecule has 88 valence electrons. The monoisotopic (exact) mass is 293 g/mol. The zero-order chi connectivity index (χ0) is 12.1. The van der Waals surface area contributed by atoms with Crippen LogP contribution in [-0.2, 0) is 6.42 Å². The number of carbonyl (C=O) groups is 1. The first kappa shape index (κ1) is 11.9. The minimum Gasteiger partial charge on any atom is -0.469 e. The van der Waals surface area contributed by atoms with Crippen LogP contribution in [0.15, 0.2) is 51.6 Å². The lowest BCUT2D eigenvalue weighted by atomic mass is 10.2. The van der Waals surface area contributed by atoms with Gasteiger partial charge in [-0.2, -0.15) is 0 Å². The second kappa shape index (κ2) is 5.68.